The number of ether oxygens (including phenoxy) is 1. The molecule has 1 aromatic rings. The smallest absolute Gasteiger partial charge is 0.414 e. The molecule has 2 heterocycles. The molecule has 0 aliphatic carbocycles. The van der Waals surface area contributed by atoms with Gasteiger partial charge in [0.05, 0.1) is 13.7 Å². The standard InChI is InChI=1S/C19H28N2O2.C2H2O4/c1-23-18-7-5-16(6-8-18)19(22)15-20-13-9-17(10-14-20)21-11-3-2-4-12-21;3-1(4)2(5)6/h5-8,17H,2-4,9-15H2,1H3;(H,3,4)(H,5,6). The van der Waals surface area contributed by atoms with Crippen molar-refractivity contribution in [2.24, 2.45) is 0 Å². The number of aliphatic carboxylic acids is 2. The molecule has 0 atom stereocenters. The first kappa shape index (κ1) is 22.8. The van der Waals surface area contributed by atoms with Crippen LogP contribution >= 0.6 is 0 Å². The third-order valence-electron chi connectivity index (χ3n) is 5.43. The zero-order valence-electron chi connectivity index (χ0n) is 16.9. The zero-order chi connectivity index (χ0) is 21.2. The van der Waals surface area contributed by atoms with Crippen molar-refractivity contribution in [2.45, 2.75) is 38.1 Å². The predicted molar refractivity (Wildman–Crippen MR) is 107 cm³/mol. The van der Waals surface area contributed by atoms with Crippen molar-refractivity contribution in [3.63, 3.8) is 0 Å². The number of carbonyl (C=O) groups excluding carboxylic acids is 1. The molecule has 0 aromatic heterocycles. The summed E-state index contributed by atoms with van der Waals surface area (Å²) in [7, 11) is 1.64. The van der Waals surface area contributed by atoms with Gasteiger partial charge in [0.2, 0.25) is 0 Å². The molecule has 0 saturated carbocycles. The molecule has 1 aromatic carbocycles. The number of hydrogen-bond acceptors (Lipinski definition) is 6. The summed E-state index contributed by atoms with van der Waals surface area (Å²) in [6, 6.07) is 8.18. The highest BCUT2D eigenvalue weighted by Crippen LogP contribution is 2.21. The molecule has 0 unspecified atom stereocenters. The average molecular weight is 406 g/mol. The van der Waals surface area contributed by atoms with Gasteiger partial charge in [-0.3, -0.25) is 9.69 Å². The van der Waals surface area contributed by atoms with E-state index in [9.17, 15) is 4.79 Å². The summed E-state index contributed by atoms with van der Waals surface area (Å²) in [6.45, 7) is 5.18. The van der Waals surface area contributed by atoms with Crippen LogP contribution in [0.2, 0.25) is 0 Å². The molecule has 2 aliphatic heterocycles. The molecule has 0 radical (unpaired) electrons. The fourth-order valence-corrected chi connectivity index (χ4v) is 3.80. The van der Waals surface area contributed by atoms with E-state index in [2.05, 4.69) is 9.80 Å². The lowest BCUT2D eigenvalue weighted by Crippen LogP contribution is -2.47. The number of carboxylic acids is 2. The van der Waals surface area contributed by atoms with Crippen molar-refractivity contribution in [1.82, 2.24) is 9.80 Å². The predicted octanol–water partition coefficient (Wildman–Crippen LogP) is 1.98. The lowest BCUT2D eigenvalue weighted by atomic mass is 9.99. The molecule has 8 nitrogen and oxygen atoms in total. The second kappa shape index (κ2) is 11.5. The summed E-state index contributed by atoms with van der Waals surface area (Å²) in [5.74, 6) is -2.64. The fourth-order valence-electron chi connectivity index (χ4n) is 3.80. The van der Waals surface area contributed by atoms with E-state index in [0.29, 0.717) is 6.54 Å². The second-order valence-corrected chi connectivity index (χ2v) is 7.37. The van der Waals surface area contributed by atoms with Crippen LogP contribution in [0.5, 0.6) is 5.75 Å². The Balaban J connectivity index is 0.000000438. The summed E-state index contributed by atoms with van der Waals surface area (Å²) in [4.78, 5) is 35.6. The summed E-state index contributed by atoms with van der Waals surface area (Å²) < 4.78 is 5.14. The van der Waals surface area contributed by atoms with Crippen molar-refractivity contribution in [3.05, 3.63) is 29.8 Å². The molecule has 29 heavy (non-hydrogen) atoms. The lowest BCUT2D eigenvalue weighted by molar-refractivity contribution is -0.159. The number of carboxylic acid groups (broad SMARTS) is 2. The van der Waals surface area contributed by atoms with Gasteiger partial charge in [-0.15, -0.1) is 0 Å². The Labute approximate surface area is 171 Å². The Morgan fingerprint density at radius 2 is 1.48 bits per heavy atom. The highest BCUT2D eigenvalue weighted by Gasteiger charge is 2.26. The summed E-state index contributed by atoms with van der Waals surface area (Å²) >= 11 is 0. The van der Waals surface area contributed by atoms with Crippen LogP contribution in [0.25, 0.3) is 0 Å². The van der Waals surface area contributed by atoms with Crippen LogP contribution in [0.3, 0.4) is 0 Å². The van der Waals surface area contributed by atoms with E-state index < -0.39 is 11.9 Å². The van der Waals surface area contributed by atoms with Crippen LogP contribution in [0.1, 0.15) is 42.5 Å². The Morgan fingerprint density at radius 3 is 1.97 bits per heavy atom. The Hall–Kier alpha value is -2.45. The van der Waals surface area contributed by atoms with Crippen LogP contribution in [0.15, 0.2) is 24.3 Å². The summed E-state index contributed by atoms with van der Waals surface area (Å²) in [6.07, 6.45) is 6.52. The molecule has 3 rings (SSSR count). The van der Waals surface area contributed by atoms with Gasteiger partial charge in [0.25, 0.3) is 0 Å². The minimum atomic E-state index is -1.82. The number of Topliss-reactive ketones (excluding diaryl/α,β-unsaturated/α-hetero) is 1. The summed E-state index contributed by atoms with van der Waals surface area (Å²) in [5, 5.41) is 14.8. The van der Waals surface area contributed by atoms with Crippen LogP contribution in [-0.2, 0) is 9.59 Å². The molecule has 2 saturated heterocycles. The summed E-state index contributed by atoms with van der Waals surface area (Å²) in [5.41, 5.74) is 0.781. The van der Waals surface area contributed by atoms with Gasteiger partial charge < -0.3 is 19.8 Å². The van der Waals surface area contributed by atoms with Gasteiger partial charge in [-0.2, -0.15) is 0 Å². The minimum Gasteiger partial charge on any atom is -0.497 e. The van der Waals surface area contributed by atoms with Gasteiger partial charge in [-0.25, -0.2) is 9.59 Å². The number of piperidine rings is 2. The Bertz CT molecular complexity index is 665. The molecule has 0 spiro atoms. The number of likely N-dealkylation sites (tertiary alicyclic amines) is 2. The van der Waals surface area contributed by atoms with Crippen molar-refractivity contribution < 1.29 is 29.3 Å². The number of ketones is 1. The molecule has 0 amide bonds. The average Bonchev–Trinajstić information content (AvgIpc) is 2.75. The number of carbonyl (C=O) groups is 3. The lowest BCUT2D eigenvalue weighted by Gasteiger charge is -2.40. The van der Waals surface area contributed by atoms with Gasteiger partial charge in [0.1, 0.15) is 5.75 Å². The van der Waals surface area contributed by atoms with Gasteiger partial charge in [-0.05, 0) is 63.0 Å². The van der Waals surface area contributed by atoms with E-state index in [0.717, 1.165) is 30.4 Å². The third-order valence-corrected chi connectivity index (χ3v) is 5.43. The van der Waals surface area contributed by atoms with Crippen LogP contribution < -0.4 is 4.74 Å². The van der Waals surface area contributed by atoms with E-state index in [1.807, 2.05) is 24.3 Å². The molecular weight excluding hydrogens is 376 g/mol. The molecule has 2 N–H and O–H groups in total. The zero-order valence-corrected chi connectivity index (χ0v) is 16.9. The van der Waals surface area contributed by atoms with E-state index in [-0.39, 0.29) is 5.78 Å². The van der Waals surface area contributed by atoms with Crippen molar-refractivity contribution >= 4 is 17.7 Å². The first-order valence-electron chi connectivity index (χ1n) is 10.0. The van der Waals surface area contributed by atoms with E-state index in [1.165, 1.54) is 45.2 Å². The molecule has 2 aliphatic rings. The molecule has 8 heteroatoms. The normalized spacial score (nSPS) is 18.4. The number of nitrogens with zero attached hydrogens (tertiary/aromatic N) is 2. The van der Waals surface area contributed by atoms with Gasteiger partial charge in [-0.1, -0.05) is 6.42 Å². The number of rotatable bonds is 5. The van der Waals surface area contributed by atoms with Gasteiger partial charge in [0.15, 0.2) is 5.78 Å². The minimum absolute atomic E-state index is 0.212. The van der Waals surface area contributed by atoms with E-state index >= 15 is 0 Å². The van der Waals surface area contributed by atoms with Crippen LogP contribution in [0.4, 0.5) is 0 Å². The highest BCUT2D eigenvalue weighted by molar-refractivity contribution is 6.27. The molecule has 0 bridgehead atoms. The van der Waals surface area contributed by atoms with Gasteiger partial charge >= 0.3 is 11.9 Å². The highest BCUT2D eigenvalue weighted by atomic mass is 16.5. The first-order chi connectivity index (χ1) is 13.9. The third kappa shape index (κ3) is 7.47. The van der Waals surface area contributed by atoms with Crippen molar-refractivity contribution in [1.29, 1.82) is 0 Å². The number of hydrogen-bond donors (Lipinski definition) is 2. The topological polar surface area (TPSA) is 107 Å². The maximum atomic E-state index is 12.4. The van der Waals surface area contributed by atoms with Crippen LogP contribution in [-0.4, -0.2) is 83.6 Å². The largest absolute Gasteiger partial charge is 0.497 e. The fraction of sp³-hybridized carbons (Fsp3) is 0.571. The number of benzene rings is 1. The Morgan fingerprint density at radius 1 is 0.931 bits per heavy atom. The molecule has 160 valence electrons. The van der Waals surface area contributed by atoms with Crippen LogP contribution in [0, 0.1) is 0 Å². The molecule has 2 fully saturated rings. The number of methoxy groups -OCH3 is 1. The first-order valence-corrected chi connectivity index (χ1v) is 10.0. The quantitative estimate of drug-likeness (QED) is 0.565. The van der Waals surface area contributed by atoms with Crippen molar-refractivity contribution in [2.75, 3.05) is 39.8 Å². The second-order valence-electron chi connectivity index (χ2n) is 7.37. The van der Waals surface area contributed by atoms with Gasteiger partial charge in [0, 0.05) is 24.7 Å². The maximum absolute atomic E-state index is 12.4. The van der Waals surface area contributed by atoms with E-state index in [1.54, 1.807) is 7.11 Å². The Kier molecular flexibility index (Phi) is 9.08. The maximum Gasteiger partial charge on any atom is 0.414 e. The molecular formula is C21H30N2O6. The van der Waals surface area contributed by atoms with E-state index in [4.69, 9.17) is 24.5 Å². The SMILES string of the molecule is COc1ccc(C(=O)CN2CCC(N3CCCCC3)CC2)cc1.O=C(O)C(=O)O. The van der Waals surface area contributed by atoms with Crippen molar-refractivity contribution in [3.8, 4) is 5.75 Å². The monoisotopic (exact) mass is 406 g/mol.